The molecule has 2 rings (SSSR count). The Kier molecular flexibility index (Phi) is 7.43. The largest absolute Gasteiger partial charge is 0.370 e. The first kappa shape index (κ1) is 21.0. The van der Waals surface area contributed by atoms with Crippen LogP contribution in [0.25, 0.3) is 0 Å². The summed E-state index contributed by atoms with van der Waals surface area (Å²) >= 11 is 0. The SMILES string of the molecule is NC(=O)CCCCC(=O)NC1CCCN(S(=O)(=O)c2ccccn2)CC1=O. The molecule has 0 saturated carbocycles. The molecule has 1 atom stereocenters. The van der Waals surface area contributed by atoms with Gasteiger partial charge in [-0.25, -0.2) is 13.4 Å². The van der Waals surface area contributed by atoms with Crippen molar-refractivity contribution < 1.29 is 22.8 Å². The second-order valence-electron chi connectivity index (χ2n) is 6.41. The average Bonchev–Trinajstić information content (AvgIpc) is 2.81. The van der Waals surface area contributed by atoms with Gasteiger partial charge in [-0.2, -0.15) is 4.31 Å². The van der Waals surface area contributed by atoms with Gasteiger partial charge >= 0.3 is 0 Å². The van der Waals surface area contributed by atoms with Gasteiger partial charge in [-0.1, -0.05) is 6.07 Å². The minimum absolute atomic E-state index is 0.102. The van der Waals surface area contributed by atoms with Gasteiger partial charge in [0.05, 0.1) is 12.6 Å². The third kappa shape index (κ3) is 6.10. The second-order valence-corrected chi connectivity index (χ2v) is 8.29. The summed E-state index contributed by atoms with van der Waals surface area (Å²) in [7, 11) is -3.85. The van der Waals surface area contributed by atoms with Crippen LogP contribution >= 0.6 is 0 Å². The van der Waals surface area contributed by atoms with E-state index in [1.165, 1.54) is 12.3 Å². The predicted molar refractivity (Wildman–Crippen MR) is 96.8 cm³/mol. The van der Waals surface area contributed by atoms with Gasteiger partial charge in [0, 0.05) is 25.6 Å². The first-order valence-corrected chi connectivity index (χ1v) is 10.3. The number of sulfonamides is 1. The van der Waals surface area contributed by atoms with Crippen LogP contribution in [0.5, 0.6) is 0 Å². The Morgan fingerprint density at radius 2 is 2.00 bits per heavy atom. The Balaban J connectivity index is 1.92. The van der Waals surface area contributed by atoms with Gasteiger partial charge < -0.3 is 11.1 Å². The van der Waals surface area contributed by atoms with Gasteiger partial charge in [-0.3, -0.25) is 14.4 Å². The number of hydrogen-bond donors (Lipinski definition) is 2. The lowest BCUT2D eigenvalue weighted by Crippen LogP contribution is -2.44. The molecule has 0 bridgehead atoms. The van der Waals surface area contributed by atoms with Crippen LogP contribution < -0.4 is 11.1 Å². The highest BCUT2D eigenvalue weighted by atomic mass is 32.2. The highest BCUT2D eigenvalue weighted by Crippen LogP contribution is 2.17. The first-order chi connectivity index (χ1) is 12.8. The molecule has 10 heteroatoms. The number of carbonyl (C=O) groups excluding carboxylic acids is 3. The van der Waals surface area contributed by atoms with E-state index in [1.807, 2.05) is 0 Å². The van der Waals surface area contributed by atoms with E-state index in [2.05, 4.69) is 10.3 Å². The summed E-state index contributed by atoms with van der Waals surface area (Å²) in [5.41, 5.74) is 5.04. The van der Waals surface area contributed by atoms with Crippen LogP contribution in [0.15, 0.2) is 29.4 Å². The van der Waals surface area contributed by atoms with E-state index in [-0.39, 0.29) is 42.6 Å². The minimum atomic E-state index is -3.85. The molecule has 148 valence electrons. The average molecular weight is 396 g/mol. The number of rotatable bonds is 8. The van der Waals surface area contributed by atoms with Crippen LogP contribution in [-0.4, -0.2) is 54.4 Å². The van der Waals surface area contributed by atoms with Crippen LogP contribution in [0.4, 0.5) is 0 Å². The fourth-order valence-electron chi connectivity index (χ4n) is 2.84. The van der Waals surface area contributed by atoms with Crippen molar-refractivity contribution in [3.05, 3.63) is 24.4 Å². The van der Waals surface area contributed by atoms with E-state index in [4.69, 9.17) is 5.73 Å². The van der Waals surface area contributed by atoms with Crippen molar-refractivity contribution >= 4 is 27.6 Å². The van der Waals surface area contributed by atoms with Crippen LogP contribution in [0.3, 0.4) is 0 Å². The molecule has 1 aromatic heterocycles. The van der Waals surface area contributed by atoms with Crippen molar-refractivity contribution in [2.75, 3.05) is 13.1 Å². The number of pyridine rings is 1. The van der Waals surface area contributed by atoms with E-state index in [9.17, 15) is 22.8 Å². The Labute approximate surface area is 158 Å². The first-order valence-electron chi connectivity index (χ1n) is 8.82. The van der Waals surface area contributed by atoms with Crippen molar-refractivity contribution in [2.24, 2.45) is 5.73 Å². The third-order valence-electron chi connectivity index (χ3n) is 4.28. The van der Waals surface area contributed by atoms with E-state index < -0.39 is 22.0 Å². The summed E-state index contributed by atoms with van der Waals surface area (Å²) in [5, 5.41) is 2.56. The number of hydrogen-bond acceptors (Lipinski definition) is 6. The molecule has 0 radical (unpaired) electrons. The van der Waals surface area contributed by atoms with E-state index in [0.717, 1.165) is 4.31 Å². The molecule has 3 N–H and O–H groups in total. The fourth-order valence-corrected chi connectivity index (χ4v) is 4.21. The topological polar surface area (TPSA) is 140 Å². The van der Waals surface area contributed by atoms with Gasteiger partial charge in [0.25, 0.3) is 10.0 Å². The molecule has 1 fully saturated rings. The molecular weight excluding hydrogens is 372 g/mol. The van der Waals surface area contributed by atoms with Gasteiger partial charge in [0.15, 0.2) is 10.8 Å². The minimum Gasteiger partial charge on any atom is -0.370 e. The second kappa shape index (κ2) is 9.56. The summed E-state index contributed by atoms with van der Waals surface area (Å²) in [6, 6.07) is 3.86. The zero-order valence-corrected chi connectivity index (χ0v) is 15.8. The maximum absolute atomic E-state index is 12.6. The number of nitrogens with two attached hydrogens (primary N) is 1. The zero-order valence-electron chi connectivity index (χ0n) is 15.0. The number of unbranched alkanes of at least 4 members (excludes halogenated alkanes) is 1. The quantitative estimate of drug-likeness (QED) is 0.591. The smallest absolute Gasteiger partial charge is 0.260 e. The summed E-state index contributed by atoms with van der Waals surface area (Å²) in [4.78, 5) is 39.0. The molecule has 1 saturated heterocycles. The van der Waals surface area contributed by atoms with Crippen molar-refractivity contribution in [3.8, 4) is 0 Å². The molecular formula is C17H24N4O5S. The Bertz CT molecular complexity index is 782. The highest BCUT2D eigenvalue weighted by Gasteiger charge is 2.33. The van der Waals surface area contributed by atoms with Gasteiger partial charge in [-0.05, 0) is 37.8 Å². The number of Topliss-reactive ketones (excluding diaryl/α,β-unsaturated/α-hetero) is 1. The van der Waals surface area contributed by atoms with Gasteiger partial charge in [0.2, 0.25) is 11.8 Å². The van der Waals surface area contributed by atoms with Crippen LogP contribution in [0.1, 0.15) is 38.5 Å². The maximum atomic E-state index is 12.6. The van der Waals surface area contributed by atoms with Gasteiger partial charge in [0.1, 0.15) is 0 Å². The van der Waals surface area contributed by atoms with Crippen LogP contribution in [0.2, 0.25) is 0 Å². The van der Waals surface area contributed by atoms with Crippen molar-refractivity contribution in [1.82, 2.24) is 14.6 Å². The number of carbonyl (C=O) groups is 3. The number of ketones is 1. The van der Waals surface area contributed by atoms with Crippen molar-refractivity contribution in [1.29, 1.82) is 0 Å². The monoisotopic (exact) mass is 396 g/mol. The number of aromatic nitrogens is 1. The van der Waals surface area contributed by atoms with Crippen molar-refractivity contribution in [3.63, 3.8) is 0 Å². The Hall–Kier alpha value is -2.33. The van der Waals surface area contributed by atoms with Gasteiger partial charge in [-0.15, -0.1) is 0 Å². The fraction of sp³-hybridized carbons (Fsp3) is 0.529. The maximum Gasteiger partial charge on any atom is 0.260 e. The van der Waals surface area contributed by atoms with Crippen LogP contribution in [-0.2, 0) is 24.4 Å². The number of nitrogens with one attached hydrogen (secondary N) is 1. The molecule has 9 nitrogen and oxygen atoms in total. The van der Waals surface area contributed by atoms with E-state index in [1.54, 1.807) is 12.1 Å². The van der Waals surface area contributed by atoms with Crippen molar-refractivity contribution in [2.45, 2.75) is 49.6 Å². The molecule has 2 amide bonds. The normalized spacial score (nSPS) is 18.7. The molecule has 1 aliphatic rings. The lowest BCUT2D eigenvalue weighted by Gasteiger charge is -2.19. The molecule has 0 aromatic carbocycles. The Morgan fingerprint density at radius 1 is 1.26 bits per heavy atom. The lowest BCUT2D eigenvalue weighted by atomic mass is 10.1. The molecule has 0 spiro atoms. The number of amides is 2. The summed E-state index contributed by atoms with van der Waals surface area (Å²) in [6.07, 6.45) is 3.62. The van der Waals surface area contributed by atoms with Crippen LogP contribution in [0, 0.1) is 0 Å². The summed E-state index contributed by atoms with van der Waals surface area (Å²) in [6.45, 7) is -0.110. The molecule has 1 unspecified atom stereocenters. The summed E-state index contributed by atoms with van der Waals surface area (Å²) in [5.74, 6) is -1.06. The number of nitrogens with zero attached hydrogens (tertiary/aromatic N) is 2. The molecule has 27 heavy (non-hydrogen) atoms. The number of primary amides is 1. The predicted octanol–water partition coefficient (Wildman–Crippen LogP) is -0.0343. The van der Waals surface area contributed by atoms with E-state index >= 15 is 0 Å². The molecule has 1 aliphatic heterocycles. The highest BCUT2D eigenvalue weighted by molar-refractivity contribution is 7.89. The molecule has 2 heterocycles. The van der Waals surface area contributed by atoms with E-state index in [0.29, 0.717) is 25.7 Å². The standard InChI is InChI=1S/C17H24N4O5S/c18-15(23)7-1-2-8-16(24)20-13-6-5-11-21(12-14(13)22)27(25,26)17-9-3-4-10-19-17/h3-4,9-10,13H,1-2,5-8,11-12H2,(H2,18,23)(H,20,24). The Morgan fingerprint density at radius 3 is 2.67 bits per heavy atom. The lowest BCUT2D eigenvalue weighted by molar-refractivity contribution is -0.127. The third-order valence-corrected chi connectivity index (χ3v) is 6.04. The zero-order chi connectivity index (χ0) is 19.9. The molecule has 0 aliphatic carbocycles. The summed E-state index contributed by atoms with van der Waals surface area (Å²) < 4.78 is 26.4. The molecule has 1 aromatic rings.